The summed E-state index contributed by atoms with van der Waals surface area (Å²) in [6.45, 7) is 6.11. The van der Waals surface area contributed by atoms with Gasteiger partial charge >= 0.3 is 0 Å². The van der Waals surface area contributed by atoms with E-state index in [1.54, 1.807) is 31.2 Å². The molecule has 0 aliphatic heterocycles. The van der Waals surface area contributed by atoms with Gasteiger partial charge in [0, 0.05) is 17.8 Å². The van der Waals surface area contributed by atoms with Gasteiger partial charge in [0.1, 0.15) is 0 Å². The number of rotatable bonds is 8. The SMILES string of the molecule is CC/C=C\C(C(=O)NCc1cccc(OCCC)c1F)=C(/C)N. The van der Waals surface area contributed by atoms with E-state index in [0.29, 0.717) is 23.4 Å². The predicted molar refractivity (Wildman–Crippen MR) is 90.4 cm³/mol. The predicted octanol–water partition coefficient (Wildman–Crippen LogP) is 3.43. The van der Waals surface area contributed by atoms with Gasteiger partial charge in [0.25, 0.3) is 5.91 Å². The molecule has 0 saturated heterocycles. The smallest absolute Gasteiger partial charge is 0.253 e. The normalized spacial score (nSPS) is 12.2. The van der Waals surface area contributed by atoms with Crippen LogP contribution in [-0.4, -0.2) is 12.5 Å². The van der Waals surface area contributed by atoms with E-state index in [0.717, 1.165) is 12.8 Å². The van der Waals surface area contributed by atoms with Crippen LogP contribution < -0.4 is 15.8 Å². The molecule has 0 aromatic heterocycles. The summed E-state index contributed by atoms with van der Waals surface area (Å²) in [7, 11) is 0. The van der Waals surface area contributed by atoms with Crippen molar-refractivity contribution in [2.24, 2.45) is 5.73 Å². The van der Waals surface area contributed by atoms with Crippen molar-refractivity contribution in [1.29, 1.82) is 0 Å². The second-order valence-electron chi connectivity index (χ2n) is 5.17. The summed E-state index contributed by atoms with van der Waals surface area (Å²) in [5.41, 5.74) is 6.92. The summed E-state index contributed by atoms with van der Waals surface area (Å²) in [6.07, 6.45) is 5.14. The first-order valence-electron chi connectivity index (χ1n) is 7.82. The summed E-state index contributed by atoms with van der Waals surface area (Å²) >= 11 is 0. The maximum absolute atomic E-state index is 14.3. The van der Waals surface area contributed by atoms with E-state index in [4.69, 9.17) is 10.5 Å². The van der Waals surface area contributed by atoms with Crippen LogP contribution in [0.2, 0.25) is 0 Å². The number of hydrogen-bond donors (Lipinski definition) is 2. The van der Waals surface area contributed by atoms with E-state index in [-0.39, 0.29) is 18.2 Å². The molecule has 0 radical (unpaired) electrons. The molecule has 126 valence electrons. The van der Waals surface area contributed by atoms with Crippen LogP contribution in [0, 0.1) is 5.82 Å². The first-order chi connectivity index (χ1) is 11.0. The summed E-state index contributed by atoms with van der Waals surface area (Å²) < 4.78 is 19.6. The molecule has 0 heterocycles. The van der Waals surface area contributed by atoms with Crippen LogP contribution in [0.1, 0.15) is 39.2 Å². The highest BCUT2D eigenvalue weighted by atomic mass is 19.1. The zero-order valence-electron chi connectivity index (χ0n) is 14.0. The van der Waals surface area contributed by atoms with E-state index in [9.17, 15) is 9.18 Å². The zero-order valence-corrected chi connectivity index (χ0v) is 14.0. The fourth-order valence-electron chi connectivity index (χ4n) is 1.91. The van der Waals surface area contributed by atoms with Gasteiger partial charge in [-0.15, -0.1) is 0 Å². The fraction of sp³-hybridized carbons (Fsp3) is 0.389. The van der Waals surface area contributed by atoms with Gasteiger partial charge in [-0.3, -0.25) is 4.79 Å². The highest BCUT2D eigenvalue weighted by Crippen LogP contribution is 2.20. The summed E-state index contributed by atoms with van der Waals surface area (Å²) in [5, 5.41) is 2.69. The number of carbonyl (C=O) groups is 1. The van der Waals surface area contributed by atoms with Gasteiger partial charge in [0.2, 0.25) is 0 Å². The fourth-order valence-corrected chi connectivity index (χ4v) is 1.91. The average molecular weight is 320 g/mol. The molecule has 0 spiro atoms. The van der Waals surface area contributed by atoms with E-state index in [1.807, 2.05) is 19.9 Å². The number of carbonyl (C=O) groups excluding carboxylic acids is 1. The topological polar surface area (TPSA) is 64.3 Å². The van der Waals surface area contributed by atoms with Crippen LogP contribution in [0.4, 0.5) is 4.39 Å². The van der Waals surface area contributed by atoms with E-state index >= 15 is 0 Å². The second kappa shape index (κ2) is 9.66. The van der Waals surface area contributed by atoms with Crippen molar-refractivity contribution < 1.29 is 13.9 Å². The molecule has 0 aliphatic carbocycles. The van der Waals surface area contributed by atoms with Gasteiger partial charge in [-0.2, -0.15) is 0 Å². The largest absolute Gasteiger partial charge is 0.491 e. The van der Waals surface area contributed by atoms with E-state index < -0.39 is 5.82 Å². The maximum atomic E-state index is 14.3. The molecule has 0 bridgehead atoms. The van der Waals surface area contributed by atoms with Crippen molar-refractivity contribution in [1.82, 2.24) is 5.32 Å². The van der Waals surface area contributed by atoms with Crippen LogP contribution in [-0.2, 0) is 11.3 Å². The molecule has 1 rings (SSSR count). The molecule has 23 heavy (non-hydrogen) atoms. The molecule has 1 aromatic carbocycles. The van der Waals surface area contributed by atoms with Crippen molar-refractivity contribution in [2.45, 2.75) is 40.2 Å². The van der Waals surface area contributed by atoms with Gasteiger partial charge in [0.05, 0.1) is 12.2 Å². The Kier molecular flexibility index (Phi) is 7.88. The van der Waals surface area contributed by atoms with Crippen molar-refractivity contribution in [2.75, 3.05) is 6.61 Å². The minimum atomic E-state index is -0.444. The van der Waals surface area contributed by atoms with Crippen LogP contribution in [0.25, 0.3) is 0 Å². The van der Waals surface area contributed by atoms with Gasteiger partial charge < -0.3 is 15.8 Å². The van der Waals surface area contributed by atoms with Gasteiger partial charge in [-0.25, -0.2) is 4.39 Å². The number of nitrogens with two attached hydrogens (primary N) is 1. The summed E-state index contributed by atoms with van der Waals surface area (Å²) in [4.78, 5) is 12.2. The summed E-state index contributed by atoms with van der Waals surface area (Å²) in [6, 6.07) is 4.90. The molecule has 0 atom stereocenters. The Morgan fingerprint density at radius 1 is 1.39 bits per heavy atom. The number of halogens is 1. The number of amides is 1. The van der Waals surface area contributed by atoms with E-state index in [2.05, 4.69) is 5.32 Å². The third-order valence-electron chi connectivity index (χ3n) is 3.13. The average Bonchev–Trinajstić information content (AvgIpc) is 2.52. The Hall–Kier alpha value is -2.30. The minimum Gasteiger partial charge on any atom is -0.491 e. The number of nitrogens with one attached hydrogen (secondary N) is 1. The van der Waals surface area contributed by atoms with Gasteiger partial charge in [-0.05, 0) is 25.8 Å². The number of ether oxygens (including phenoxy) is 1. The van der Waals surface area contributed by atoms with Crippen molar-refractivity contribution in [3.63, 3.8) is 0 Å². The Labute approximate surface area is 137 Å². The number of benzene rings is 1. The Morgan fingerprint density at radius 3 is 2.74 bits per heavy atom. The summed E-state index contributed by atoms with van der Waals surface area (Å²) in [5.74, 6) is -0.565. The third kappa shape index (κ3) is 5.77. The molecule has 0 saturated carbocycles. The van der Waals surface area contributed by atoms with Crippen LogP contribution in [0.5, 0.6) is 5.75 Å². The zero-order chi connectivity index (χ0) is 17.2. The lowest BCUT2D eigenvalue weighted by Gasteiger charge is -2.11. The Balaban J connectivity index is 2.79. The molecule has 0 unspecified atom stereocenters. The Bertz CT molecular complexity index is 591. The van der Waals surface area contributed by atoms with Crippen LogP contribution in [0.15, 0.2) is 41.6 Å². The van der Waals surface area contributed by atoms with Gasteiger partial charge in [0.15, 0.2) is 11.6 Å². The van der Waals surface area contributed by atoms with E-state index in [1.165, 1.54) is 0 Å². The highest BCUT2D eigenvalue weighted by molar-refractivity contribution is 5.96. The second-order valence-corrected chi connectivity index (χ2v) is 5.17. The Morgan fingerprint density at radius 2 is 2.13 bits per heavy atom. The van der Waals surface area contributed by atoms with Crippen molar-refractivity contribution >= 4 is 5.91 Å². The lowest BCUT2D eigenvalue weighted by atomic mass is 10.1. The number of allylic oxidation sites excluding steroid dienone is 2. The molecule has 1 aromatic rings. The molecule has 1 amide bonds. The molecule has 3 N–H and O–H groups in total. The first-order valence-corrected chi connectivity index (χ1v) is 7.82. The molecule has 4 nitrogen and oxygen atoms in total. The van der Waals surface area contributed by atoms with Crippen LogP contribution >= 0.6 is 0 Å². The monoisotopic (exact) mass is 320 g/mol. The molecule has 0 fully saturated rings. The van der Waals surface area contributed by atoms with Crippen molar-refractivity contribution in [3.8, 4) is 5.75 Å². The number of hydrogen-bond acceptors (Lipinski definition) is 3. The third-order valence-corrected chi connectivity index (χ3v) is 3.13. The van der Waals surface area contributed by atoms with Gasteiger partial charge in [-0.1, -0.05) is 38.1 Å². The van der Waals surface area contributed by atoms with Crippen LogP contribution in [0.3, 0.4) is 0 Å². The lowest BCUT2D eigenvalue weighted by Crippen LogP contribution is -2.26. The minimum absolute atomic E-state index is 0.0741. The first kappa shape index (κ1) is 18.7. The lowest BCUT2D eigenvalue weighted by molar-refractivity contribution is -0.117. The van der Waals surface area contributed by atoms with Crippen molar-refractivity contribution in [3.05, 3.63) is 53.0 Å². The molecular weight excluding hydrogens is 295 g/mol. The molecular formula is C18H25FN2O2. The maximum Gasteiger partial charge on any atom is 0.253 e. The quantitative estimate of drug-likeness (QED) is 0.570. The standard InChI is InChI=1S/C18H25FN2O2/c1-4-6-9-15(13(3)20)18(22)21-12-14-8-7-10-16(17(14)19)23-11-5-2/h6-10H,4-5,11-12,20H2,1-3H3,(H,21,22)/b9-6-,15-13-. The molecule has 0 aliphatic rings. The molecule has 5 heteroatoms. The highest BCUT2D eigenvalue weighted by Gasteiger charge is 2.12.